The molecule has 0 fully saturated rings. The predicted molar refractivity (Wildman–Crippen MR) is 176 cm³/mol. The van der Waals surface area contributed by atoms with Crippen molar-refractivity contribution < 1.29 is 4.42 Å². The average molecular weight is 561 g/mol. The number of fused-ring (bicyclic) bond motifs is 13. The van der Waals surface area contributed by atoms with Crippen molar-refractivity contribution in [1.29, 1.82) is 0 Å². The Morgan fingerprint density at radius 3 is 1.64 bits per heavy atom. The Balaban J connectivity index is 1.12. The standard InChI is InChI=1S/C41H24N2O/c1-5-13-34-28(9-1)29-10-2-6-14-35(29)41(34)36-15-7-3-11-30(36)31-19-18-26(21-37(31)41)40-42-23-27(24-43-40)25-17-20-33-32-12-4-8-16-38(32)44-39(33)22-25/h1-24H. The van der Waals surface area contributed by atoms with Gasteiger partial charge < -0.3 is 4.42 Å². The minimum absolute atomic E-state index is 0.378. The van der Waals surface area contributed by atoms with E-state index in [1.807, 2.05) is 30.6 Å². The van der Waals surface area contributed by atoms with Gasteiger partial charge in [0, 0.05) is 34.3 Å². The lowest BCUT2D eigenvalue weighted by Crippen LogP contribution is -2.25. The molecule has 0 atom stereocenters. The fourth-order valence-corrected chi connectivity index (χ4v) is 7.77. The van der Waals surface area contributed by atoms with Gasteiger partial charge in [0.1, 0.15) is 11.2 Å². The molecule has 10 rings (SSSR count). The molecule has 0 saturated carbocycles. The molecule has 2 heterocycles. The molecule has 3 nitrogen and oxygen atoms in total. The van der Waals surface area contributed by atoms with Gasteiger partial charge >= 0.3 is 0 Å². The van der Waals surface area contributed by atoms with Gasteiger partial charge in [-0.25, -0.2) is 9.97 Å². The first-order chi connectivity index (χ1) is 21.8. The maximum absolute atomic E-state index is 6.13. The third-order valence-corrected chi connectivity index (χ3v) is 9.62. The Morgan fingerprint density at radius 1 is 0.409 bits per heavy atom. The first-order valence-electron chi connectivity index (χ1n) is 15.0. The van der Waals surface area contributed by atoms with Crippen molar-refractivity contribution in [2.24, 2.45) is 0 Å². The largest absolute Gasteiger partial charge is 0.456 e. The van der Waals surface area contributed by atoms with Gasteiger partial charge in [0.2, 0.25) is 0 Å². The molecule has 8 aromatic rings. The van der Waals surface area contributed by atoms with Crippen LogP contribution in [0.1, 0.15) is 22.3 Å². The second-order valence-corrected chi connectivity index (χ2v) is 11.8. The van der Waals surface area contributed by atoms with E-state index in [1.165, 1.54) is 44.5 Å². The molecule has 0 saturated heterocycles. The molecule has 0 radical (unpaired) electrons. The Hall–Kier alpha value is -5.80. The number of nitrogens with zero attached hydrogens (tertiary/aromatic N) is 2. The molecule has 2 aromatic heterocycles. The van der Waals surface area contributed by atoms with Crippen LogP contribution in [0.15, 0.2) is 150 Å². The molecule has 0 N–H and O–H groups in total. The van der Waals surface area contributed by atoms with Crippen molar-refractivity contribution in [1.82, 2.24) is 9.97 Å². The quantitative estimate of drug-likeness (QED) is 0.211. The van der Waals surface area contributed by atoms with E-state index in [0.717, 1.165) is 38.6 Å². The minimum Gasteiger partial charge on any atom is -0.456 e. The summed E-state index contributed by atoms with van der Waals surface area (Å²) in [4.78, 5) is 9.77. The zero-order valence-electron chi connectivity index (χ0n) is 23.7. The van der Waals surface area contributed by atoms with Crippen LogP contribution in [0.4, 0.5) is 0 Å². The molecule has 2 aliphatic rings. The molecular formula is C41H24N2O. The lowest BCUT2D eigenvalue weighted by molar-refractivity contribution is 0.669. The van der Waals surface area contributed by atoms with Crippen LogP contribution in [0, 0.1) is 0 Å². The van der Waals surface area contributed by atoms with Crippen molar-refractivity contribution in [3.05, 3.63) is 168 Å². The number of para-hydroxylation sites is 1. The van der Waals surface area contributed by atoms with Gasteiger partial charge in [-0.05, 0) is 74.3 Å². The number of aromatic nitrogens is 2. The zero-order chi connectivity index (χ0) is 28.8. The van der Waals surface area contributed by atoms with Gasteiger partial charge in [0.25, 0.3) is 0 Å². The van der Waals surface area contributed by atoms with Crippen molar-refractivity contribution in [3.63, 3.8) is 0 Å². The number of hydrogen-bond donors (Lipinski definition) is 0. The van der Waals surface area contributed by atoms with E-state index in [1.54, 1.807) is 0 Å². The summed E-state index contributed by atoms with van der Waals surface area (Å²) in [5, 5.41) is 2.25. The van der Waals surface area contributed by atoms with E-state index < -0.39 is 0 Å². The Kier molecular flexibility index (Phi) is 4.65. The van der Waals surface area contributed by atoms with E-state index in [9.17, 15) is 0 Å². The number of rotatable bonds is 2. The smallest absolute Gasteiger partial charge is 0.159 e. The van der Waals surface area contributed by atoms with E-state index in [2.05, 4.69) is 115 Å². The summed E-state index contributed by atoms with van der Waals surface area (Å²) in [6, 6.07) is 47.9. The third-order valence-electron chi connectivity index (χ3n) is 9.62. The Bertz CT molecular complexity index is 2390. The molecular weight excluding hydrogens is 536 g/mol. The second-order valence-electron chi connectivity index (χ2n) is 11.8. The van der Waals surface area contributed by atoms with Crippen LogP contribution in [0.2, 0.25) is 0 Å². The zero-order valence-corrected chi connectivity index (χ0v) is 23.7. The van der Waals surface area contributed by atoms with Crippen LogP contribution < -0.4 is 0 Å². The Labute approximate surface area is 254 Å². The van der Waals surface area contributed by atoms with Crippen LogP contribution >= 0.6 is 0 Å². The molecule has 204 valence electrons. The van der Waals surface area contributed by atoms with Gasteiger partial charge in [-0.3, -0.25) is 0 Å². The summed E-state index contributed by atoms with van der Waals surface area (Å²) < 4.78 is 6.13. The molecule has 0 amide bonds. The molecule has 1 spiro atoms. The summed E-state index contributed by atoms with van der Waals surface area (Å²) in [5.41, 5.74) is 14.9. The molecule has 0 bridgehead atoms. The maximum atomic E-state index is 6.13. The first-order valence-corrected chi connectivity index (χ1v) is 15.0. The van der Waals surface area contributed by atoms with Crippen molar-refractivity contribution in [3.8, 4) is 44.8 Å². The topological polar surface area (TPSA) is 38.9 Å². The second kappa shape index (κ2) is 8.62. The minimum atomic E-state index is -0.378. The number of benzene rings is 6. The average Bonchev–Trinajstić information content (AvgIpc) is 3.72. The maximum Gasteiger partial charge on any atom is 0.159 e. The van der Waals surface area contributed by atoms with Crippen LogP contribution in [0.25, 0.3) is 66.7 Å². The molecule has 3 heteroatoms. The van der Waals surface area contributed by atoms with Crippen molar-refractivity contribution in [2.45, 2.75) is 5.41 Å². The molecule has 6 aromatic carbocycles. The molecule has 0 aliphatic heterocycles. The van der Waals surface area contributed by atoms with Crippen LogP contribution in [-0.2, 0) is 5.41 Å². The van der Waals surface area contributed by atoms with E-state index in [4.69, 9.17) is 14.4 Å². The SMILES string of the molecule is c1ccc2c(c1)-c1ccccc1C21c2ccccc2-c2ccc(-c3ncc(-c4ccc5c(c4)oc4ccccc45)cn3)cc21. The molecule has 44 heavy (non-hydrogen) atoms. The fourth-order valence-electron chi connectivity index (χ4n) is 7.77. The summed E-state index contributed by atoms with van der Waals surface area (Å²) in [7, 11) is 0. The van der Waals surface area contributed by atoms with Crippen LogP contribution in [0.5, 0.6) is 0 Å². The highest BCUT2D eigenvalue weighted by Gasteiger charge is 2.51. The van der Waals surface area contributed by atoms with Crippen molar-refractivity contribution in [2.75, 3.05) is 0 Å². The monoisotopic (exact) mass is 560 g/mol. The number of furan rings is 1. The van der Waals surface area contributed by atoms with E-state index >= 15 is 0 Å². The predicted octanol–water partition coefficient (Wildman–Crippen LogP) is 10.1. The van der Waals surface area contributed by atoms with E-state index in [0.29, 0.717) is 5.82 Å². The van der Waals surface area contributed by atoms with Gasteiger partial charge in [-0.2, -0.15) is 0 Å². The molecule has 2 aliphatic carbocycles. The van der Waals surface area contributed by atoms with Crippen LogP contribution in [0.3, 0.4) is 0 Å². The Morgan fingerprint density at radius 2 is 0.955 bits per heavy atom. The van der Waals surface area contributed by atoms with Crippen molar-refractivity contribution >= 4 is 21.9 Å². The summed E-state index contributed by atoms with van der Waals surface area (Å²) in [6.07, 6.45) is 3.84. The van der Waals surface area contributed by atoms with Gasteiger partial charge in [0.15, 0.2) is 5.82 Å². The molecule has 0 unspecified atom stereocenters. The fraction of sp³-hybridized carbons (Fsp3) is 0.0244. The summed E-state index contributed by atoms with van der Waals surface area (Å²) in [6.45, 7) is 0. The normalized spacial score (nSPS) is 13.6. The highest BCUT2D eigenvalue weighted by atomic mass is 16.3. The third kappa shape index (κ3) is 3.00. The summed E-state index contributed by atoms with van der Waals surface area (Å²) >= 11 is 0. The van der Waals surface area contributed by atoms with Gasteiger partial charge in [0.05, 0.1) is 5.41 Å². The lowest BCUT2D eigenvalue weighted by atomic mass is 9.70. The lowest BCUT2D eigenvalue weighted by Gasteiger charge is -2.30. The van der Waals surface area contributed by atoms with E-state index in [-0.39, 0.29) is 5.41 Å². The highest BCUT2D eigenvalue weighted by Crippen LogP contribution is 2.62. The highest BCUT2D eigenvalue weighted by molar-refractivity contribution is 6.05. The van der Waals surface area contributed by atoms with Gasteiger partial charge in [-0.15, -0.1) is 0 Å². The summed E-state index contributed by atoms with van der Waals surface area (Å²) in [5.74, 6) is 0.715. The van der Waals surface area contributed by atoms with Gasteiger partial charge in [-0.1, -0.05) is 109 Å². The first kappa shape index (κ1) is 23.7. The number of hydrogen-bond acceptors (Lipinski definition) is 3. The van der Waals surface area contributed by atoms with Crippen LogP contribution in [-0.4, -0.2) is 9.97 Å².